The van der Waals surface area contributed by atoms with Crippen LogP contribution in [-0.2, 0) is 0 Å². The Labute approximate surface area is 117 Å². The zero-order chi connectivity index (χ0) is 13.8. The predicted octanol–water partition coefficient (Wildman–Crippen LogP) is 4.28. The highest BCUT2D eigenvalue weighted by Crippen LogP contribution is 2.18. The molecule has 0 saturated heterocycles. The van der Waals surface area contributed by atoms with Crippen LogP contribution >= 0.6 is 15.9 Å². The third-order valence-corrected chi connectivity index (χ3v) is 2.98. The van der Waals surface area contributed by atoms with Crippen LogP contribution in [0.25, 0.3) is 0 Å². The van der Waals surface area contributed by atoms with E-state index in [4.69, 9.17) is 0 Å². The summed E-state index contributed by atoms with van der Waals surface area (Å²) in [5, 5.41) is 0. The van der Waals surface area contributed by atoms with Crippen LogP contribution in [0, 0.1) is 0 Å². The van der Waals surface area contributed by atoms with Crippen LogP contribution < -0.4 is 4.74 Å². The lowest BCUT2D eigenvalue weighted by Gasteiger charge is -2.05. The zero-order valence-electron chi connectivity index (χ0n) is 9.65. The van der Waals surface area contributed by atoms with Gasteiger partial charge < -0.3 is 4.74 Å². The number of halogens is 3. The normalized spacial score (nSPS) is 10.5. The first-order valence-corrected chi connectivity index (χ1v) is 6.21. The van der Waals surface area contributed by atoms with Crippen molar-refractivity contribution in [3.05, 3.63) is 64.1 Å². The van der Waals surface area contributed by atoms with Gasteiger partial charge in [-0.25, -0.2) is 0 Å². The second-order valence-corrected chi connectivity index (χ2v) is 4.65. The number of hydrogen-bond acceptors (Lipinski definition) is 2. The van der Waals surface area contributed by atoms with Gasteiger partial charge in [0, 0.05) is 15.6 Å². The van der Waals surface area contributed by atoms with Gasteiger partial charge in [0.15, 0.2) is 5.78 Å². The van der Waals surface area contributed by atoms with Gasteiger partial charge >= 0.3 is 6.61 Å². The van der Waals surface area contributed by atoms with Crippen LogP contribution in [0.4, 0.5) is 8.78 Å². The Balaban J connectivity index is 2.17. The number of benzene rings is 2. The van der Waals surface area contributed by atoms with E-state index in [0.717, 1.165) is 4.47 Å². The Morgan fingerprint density at radius 1 is 0.947 bits per heavy atom. The summed E-state index contributed by atoms with van der Waals surface area (Å²) in [4.78, 5) is 12.1. The van der Waals surface area contributed by atoms with Gasteiger partial charge in [-0.05, 0) is 48.5 Å². The van der Waals surface area contributed by atoms with Crippen LogP contribution in [-0.4, -0.2) is 12.4 Å². The molecule has 0 aliphatic carbocycles. The fraction of sp³-hybridized carbons (Fsp3) is 0.0714. The van der Waals surface area contributed by atoms with Crippen molar-refractivity contribution in [1.29, 1.82) is 0 Å². The van der Waals surface area contributed by atoms with Gasteiger partial charge in [-0.15, -0.1) is 0 Å². The first-order valence-electron chi connectivity index (χ1n) is 5.41. The van der Waals surface area contributed by atoms with Crippen LogP contribution in [0.3, 0.4) is 0 Å². The minimum Gasteiger partial charge on any atom is -0.435 e. The van der Waals surface area contributed by atoms with Crippen molar-refractivity contribution in [2.45, 2.75) is 6.61 Å². The van der Waals surface area contributed by atoms with Crippen molar-refractivity contribution in [2.24, 2.45) is 0 Å². The zero-order valence-corrected chi connectivity index (χ0v) is 11.2. The van der Waals surface area contributed by atoms with E-state index in [-0.39, 0.29) is 11.5 Å². The Hall–Kier alpha value is -1.75. The number of ketones is 1. The van der Waals surface area contributed by atoms with E-state index < -0.39 is 6.61 Å². The predicted molar refractivity (Wildman–Crippen MR) is 70.6 cm³/mol. The largest absolute Gasteiger partial charge is 0.435 e. The Bertz CT molecular complexity index is 565. The average Bonchev–Trinajstić information content (AvgIpc) is 2.39. The fourth-order valence-corrected chi connectivity index (χ4v) is 1.82. The lowest BCUT2D eigenvalue weighted by molar-refractivity contribution is -0.0498. The molecule has 0 atom stereocenters. The lowest BCUT2D eigenvalue weighted by Crippen LogP contribution is -2.03. The second-order valence-electron chi connectivity index (χ2n) is 3.74. The second kappa shape index (κ2) is 5.93. The van der Waals surface area contributed by atoms with Crippen LogP contribution in [0.15, 0.2) is 53.0 Å². The summed E-state index contributed by atoms with van der Waals surface area (Å²) in [6, 6.07) is 12.5. The fourth-order valence-electron chi connectivity index (χ4n) is 1.56. The molecule has 5 heteroatoms. The maximum Gasteiger partial charge on any atom is 0.387 e. The molecule has 2 aromatic rings. The topological polar surface area (TPSA) is 26.3 Å². The van der Waals surface area contributed by atoms with Crippen molar-refractivity contribution in [2.75, 3.05) is 0 Å². The third-order valence-electron chi connectivity index (χ3n) is 2.45. The Kier molecular flexibility index (Phi) is 4.27. The minimum absolute atomic E-state index is 0.0300. The Morgan fingerprint density at radius 3 is 1.89 bits per heavy atom. The molecular weight excluding hydrogens is 318 g/mol. The Morgan fingerprint density at radius 2 is 1.42 bits per heavy atom. The van der Waals surface area contributed by atoms with Crippen molar-refractivity contribution >= 4 is 21.7 Å². The van der Waals surface area contributed by atoms with Gasteiger partial charge in [0.25, 0.3) is 0 Å². The molecule has 0 aliphatic rings. The highest BCUT2D eigenvalue weighted by molar-refractivity contribution is 9.10. The van der Waals surface area contributed by atoms with Crippen molar-refractivity contribution in [3.8, 4) is 5.75 Å². The van der Waals surface area contributed by atoms with Crippen molar-refractivity contribution < 1.29 is 18.3 Å². The van der Waals surface area contributed by atoms with E-state index in [9.17, 15) is 13.6 Å². The summed E-state index contributed by atoms with van der Waals surface area (Å²) >= 11 is 3.28. The van der Waals surface area contributed by atoms with Crippen LogP contribution in [0.5, 0.6) is 5.75 Å². The van der Waals surface area contributed by atoms with E-state index in [1.54, 1.807) is 24.3 Å². The monoisotopic (exact) mass is 326 g/mol. The molecule has 0 bridgehead atoms. The molecule has 0 fully saturated rings. The average molecular weight is 327 g/mol. The molecule has 98 valence electrons. The molecule has 19 heavy (non-hydrogen) atoms. The number of alkyl halides is 2. The quantitative estimate of drug-likeness (QED) is 0.784. The summed E-state index contributed by atoms with van der Waals surface area (Å²) in [6.45, 7) is -2.87. The molecule has 0 aromatic heterocycles. The summed E-state index contributed by atoms with van der Waals surface area (Å²) < 4.78 is 29.1. The number of hydrogen-bond donors (Lipinski definition) is 0. The highest BCUT2D eigenvalue weighted by Gasteiger charge is 2.10. The lowest BCUT2D eigenvalue weighted by atomic mass is 10.0. The molecule has 0 amide bonds. The first-order chi connectivity index (χ1) is 9.06. The van der Waals surface area contributed by atoms with E-state index in [0.29, 0.717) is 11.1 Å². The molecule has 0 saturated carbocycles. The molecule has 0 radical (unpaired) electrons. The molecule has 0 N–H and O–H groups in total. The SMILES string of the molecule is O=C(c1ccc(Br)cc1)c1ccc(OC(F)F)cc1. The molecule has 0 spiro atoms. The van der Waals surface area contributed by atoms with Crippen molar-refractivity contribution in [1.82, 2.24) is 0 Å². The van der Waals surface area contributed by atoms with Crippen LogP contribution in [0.1, 0.15) is 15.9 Å². The number of rotatable bonds is 4. The maximum absolute atomic E-state index is 12.1. The van der Waals surface area contributed by atoms with E-state index in [2.05, 4.69) is 20.7 Å². The molecule has 2 rings (SSSR count). The molecule has 2 aromatic carbocycles. The molecular formula is C14H9BrF2O2. The summed E-state index contributed by atoms with van der Waals surface area (Å²) in [7, 11) is 0. The van der Waals surface area contributed by atoms with Gasteiger partial charge in [0.05, 0.1) is 0 Å². The van der Waals surface area contributed by atoms with Gasteiger partial charge in [0.1, 0.15) is 5.75 Å². The van der Waals surface area contributed by atoms with E-state index in [1.165, 1.54) is 24.3 Å². The highest BCUT2D eigenvalue weighted by atomic mass is 79.9. The van der Waals surface area contributed by atoms with E-state index in [1.807, 2.05) is 0 Å². The number of carbonyl (C=O) groups is 1. The number of carbonyl (C=O) groups excluding carboxylic acids is 1. The third kappa shape index (κ3) is 3.61. The summed E-state index contributed by atoms with van der Waals surface area (Å²) in [5.74, 6) is -0.140. The number of ether oxygens (including phenoxy) is 1. The van der Waals surface area contributed by atoms with Crippen LogP contribution in [0.2, 0.25) is 0 Å². The minimum atomic E-state index is -2.87. The van der Waals surface area contributed by atoms with Crippen molar-refractivity contribution in [3.63, 3.8) is 0 Å². The smallest absolute Gasteiger partial charge is 0.387 e. The first kappa shape index (κ1) is 13.7. The standard InChI is InChI=1S/C14H9BrF2O2/c15-11-5-1-9(2-6-11)13(18)10-3-7-12(8-4-10)19-14(16)17/h1-8,14H. The summed E-state index contributed by atoms with van der Waals surface area (Å²) in [6.07, 6.45) is 0. The molecule has 2 nitrogen and oxygen atoms in total. The molecule has 0 aliphatic heterocycles. The van der Waals surface area contributed by atoms with Gasteiger partial charge in [-0.1, -0.05) is 15.9 Å². The summed E-state index contributed by atoms with van der Waals surface area (Å²) in [5.41, 5.74) is 0.953. The van der Waals surface area contributed by atoms with E-state index >= 15 is 0 Å². The van der Waals surface area contributed by atoms with Gasteiger partial charge in [-0.3, -0.25) is 4.79 Å². The maximum atomic E-state index is 12.1. The van der Waals surface area contributed by atoms with Gasteiger partial charge in [0.2, 0.25) is 0 Å². The molecule has 0 heterocycles. The van der Waals surface area contributed by atoms with Gasteiger partial charge in [-0.2, -0.15) is 8.78 Å². The molecule has 0 unspecified atom stereocenters.